The molecule has 14 heavy (non-hydrogen) atoms. The number of esters is 1. The van der Waals surface area contributed by atoms with Gasteiger partial charge < -0.3 is 4.74 Å². The van der Waals surface area contributed by atoms with E-state index >= 15 is 0 Å². The number of hydrogen-bond donors (Lipinski definition) is 0. The fourth-order valence-corrected chi connectivity index (χ4v) is 2.88. The van der Waals surface area contributed by atoms with E-state index in [9.17, 15) is 4.79 Å². The van der Waals surface area contributed by atoms with E-state index in [4.69, 9.17) is 4.74 Å². The molecule has 2 heteroatoms. The molecule has 3 atom stereocenters. The Morgan fingerprint density at radius 1 is 1.50 bits per heavy atom. The van der Waals surface area contributed by atoms with E-state index in [0.717, 1.165) is 24.7 Å². The second kappa shape index (κ2) is 3.25. The average Bonchev–Trinajstić information content (AvgIpc) is 2.37. The van der Waals surface area contributed by atoms with Crippen LogP contribution in [0.4, 0.5) is 0 Å². The van der Waals surface area contributed by atoms with Gasteiger partial charge in [-0.1, -0.05) is 20.8 Å². The molecular weight excluding hydrogens is 176 g/mol. The number of hydrogen-bond acceptors (Lipinski definition) is 2. The lowest BCUT2D eigenvalue weighted by molar-refractivity contribution is -0.143. The van der Waals surface area contributed by atoms with Crippen LogP contribution >= 0.6 is 0 Å². The van der Waals surface area contributed by atoms with Crippen LogP contribution in [0.3, 0.4) is 0 Å². The summed E-state index contributed by atoms with van der Waals surface area (Å²) in [4.78, 5) is 11.3. The van der Waals surface area contributed by atoms with E-state index in [1.54, 1.807) is 0 Å². The number of rotatable bonds is 1. The van der Waals surface area contributed by atoms with Gasteiger partial charge in [-0.2, -0.15) is 0 Å². The van der Waals surface area contributed by atoms with Crippen LogP contribution in [0, 0.1) is 17.3 Å². The van der Waals surface area contributed by atoms with Crippen LogP contribution in [0.2, 0.25) is 0 Å². The predicted molar refractivity (Wildman–Crippen MR) is 54.8 cm³/mol. The largest absolute Gasteiger partial charge is 0.462 e. The Bertz CT molecular complexity index is 247. The molecule has 2 nitrogen and oxygen atoms in total. The van der Waals surface area contributed by atoms with E-state index in [-0.39, 0.29) is 17.5 Å². The summed E-state index contributed by atoms with van der Waals surface area (Å²) in [5, 5.41) is 0. The Labute approximate surface area is 86.0 Å². The minimum atomic E-state index is 0.0157. The van der Waals surface area contributed by atoms with Gasteiger partial charge in [0, 0.05) is 5.41 Å². The van der Waals surface area contributed by atoms with E-state index in [1.807, 2.05) is 0 Å². The Balaban J connectivity index is 2.08. The van der Waals surface area contributed by atoms with Gasteiger partial charge in [-0.15, -0.1) is 0 Å². The molecule has 1 aliphatic heterocycles. The normalized spacial score (nSPS) is 42.4. The smallest absolute Gasteiger partial charge is 0.306 e. The van der Waals surface area contributed by atoms with Gasteiger partial charge in [-0.25, -0.2) is 0 Å². The molecule has 0 radical (unpaired) electrons. The van der Waals surface area contributed by atoms with Crippen molar-refractivity contribution in [1.29, 1.82) is 0 Å². The number of carbonyl (C=O) groups excluding carboxylic acids is 1. The Kier molecular flexibility index (Phi) is 2.32. The Hall–Kier alpha value is -0.530. The molecular formula is C12H20O2. The highest BCUT2D eigenvalue weighted by Crippen LogP contribution is 2.48. The maximum absolute atomic E-state index is 11.3. The lowest BCUT2D eigenvalue weighted by Gasteiger charge is -2.39. The molecule has 2 fully saturated rings. The third kappa shape index (κ3) is 1.55. The first kappa shape index (κ1) is 10.0. The lowest BCUT2D eigenvalue weighted by Crippen LogP contribution is -2.36. The average molecular weight is 196 g/mol. The highest BCUT2D eigenvalue weighted by molar-refractivity contribution is 5.73. The second-order valence-electron chi connectivity index (χ2n) is 5.59. The van der Waals surface area contributed by atoms with Crippen molar-refractivity contribution in [2.75, 3.05) is 0 Å². The van der Waals surface area contributed by atoms with Crippen molar-refractivity contribution in [1.82, 2.24) is 0 Å². The topological polar surface area (TPSA) is 26.3 Å². The predicted octanol–water partition coefficient (Wildman–Crippen LogP) is 2.76. The minimum absolute atomic E-state index is 0.0157. The zero-order chi connectivity index (χ0) is 10.3. The first-order valence-corrected chi connectivity index (χ1v) is 5.71. The van der Waals surface area contributed by atoms with Crippen LogP contribution in [0.1, 0.15) is 46.5 Å². The van der Waals surface area contributed by atoms with Gasteiger partial charge in [0.1, 0.15) is 6.10 Å². The summed E-state index contributed by atoms with van der Waals surface area (Å²) in [6, 6.07) is 0. The Morgan fingerprint density at radius 2 is 2.21 bits per heavy atom. The van der Waals surface area contributed by atoms with E-state index in [1.165, 1.54) is 6.42 Å². The van der Waals surface area contributed by atoms with Crippen molar-refractivity contribution in [3.63, 3.8) is 0 Å². The van der Waals surface area contributed by atoms with Gasteiger partial charge in [0.25, 0.3) is 0 Å². The second-order valence-corrected chi connectivity index (χ2v) is 5.59. The molecule has 80 valence electrons. The summed E-state index contributed by atoms with van der Waals surface area (Å²) in [5.41, 5.74) is 0.155. The zero-order valence-electron chi connectivity index (χ0n) is 9.38. The van der Waals surface area contributed by atoms with Crippen molar-refractivity contribution < 1.29 is 9.53 Å². The van der Waals surface area contributed by atoms with Gasteiger partial charge >= 0.3 is 5.97 Å². The van der Waals surface area contributed by atoms with Gasteiger partial charge in [0.05, 0.1) is 6.42 Å². The van der Waals surface area contributed by atoms with Gasteiger partial charge in [0.2, 0.25) is 0 Å². The molecule has 0 amide bonds. The molecule has 0 bridgehead atoms. The fourth-order valence-electron chi connectivity index (χ4n) is 2.88. The molecule has 0 N–H and O–H groups in total. The van der Waals surface area contributed by atoms with E-state index in [0.29, 0.717) is 6.42 Å². The SMILES string of the molecule is CC(C)[C@H]1CC[C@@]2(C)CC(=O)O[C@H]2C1. The molecule has 0 aromatic heterocycles. The summed E-state index contributed by atoms with van der Waals surface area (Å²) in [6.07, 6.45) is 4.35. The van der Waals surface area contributed by atoms with Crippen LogP contribution in [-0.4, -0.2) is 12.1 Å². The Morgan fingerprint density at radius 3 is 2.86 bits per heavy atom. The molecule has 1 aliphatic carbocycles. The molecule has 1 heterocycles. The third-order valence-electron chi connectivity index (χ3n) is 4.15. The van der Waals surface area contributed by atoms with Crippen molar-refractivity contribution >= 4 is 5.97 Å². The van der Waals surface area contributed by atoms with Crippen LogP contribution < -0.4 is 0 Å². The summed E-state index contributed by atoms with van der Waals surface area (Å²) < 4.78 is 5.41. The van der Waals surface area contributed by atoms with Crippen LogP contribution in [0.15, 0.2) is 0 Å². The number of ether oxygens (including phenoxy) is 1. The van der Waals surface area contributed by atoms with Crippen molar-refractivity contribution in [2.24, 2.45) is 17.3 Å². The molecule has 0 aromatic rings. The summed E-state index contributed by atoms with van der Waals surface area (Å²) in [5.74, 6) is 1.49. The molecule has 0 aromatic carbocycles. The van der Waals surface area contributed by atoms with Crippen LogP contribution in [0.5, 0.6) is 0 Å². The number of fused-ring (bicyclic) bond motifs is 1. The highest BCUT2D eigenvalue weighted by atomic mass is 16.6. The standard InChI is InChI=1S/C12H20O2/c1-8(2)9-4-5-12(3)7-11(13)14-10(12)6-9/h8-10H,4-7H2,1-3H3/t9-,10-,12-/m0/s1. The van der Waals surface area contributed by atoms with Crippen molar-refractivity contribution in [3.8, 4) is 0 Å². The van der Waals surface area contributed by atoms with E-state index < -0.39 is 0 Å². The fraction of sp³-hybridized carbons (Fsp3) is 0.917. The summed E-state index contributed by atoms with van der Waals surface area (Å²) >= 11 is 0. The minimum Gasteiger partial charge on any atom is -0.462 e. The maximum Gasteiger partial charge on any atom is 0.306 e. The van der Waals surface area contributed by atoms with Crippen LogP contribution in [0.25, 0.3) is 0 Å². The molecule has 0 unspecified atom stereocenters. The van der Waals surface area contributed by atoms with E-state index in [2.05, 4.69) is 20.8 Å². The highest BCUT2D eigenvalue weighted by Gasteiger charge is 2.48. The number of carbonyl (C=O) groups is 1. The summed E-state index contributed by atoms with van der Waals surface area (Å²) in [7, 11) is 0. The first-order chi connectivity index (χ1) is 6.51. The van der Waals surface area contributed by atoms with Gasteiger partial charge in [-0.05, 0) is 31.1 Å². The van der Waals surface area contributed by atoms with Crippen LogP contribution in [-0.2, 0) is 9.53 Å². The first-order valence-electron chi connectivity index (χ1n) is 5.71. The zero-order valence-corrected chi connectivity index (χ0v) is 9.38. The van der Waals surface area contributed by atoms with Gasteiger partial charge in [-0.3, -0.25) is 4.79 Å². The molecule has 0 spiro atoms. The van der Waals surface area contributed by atoms with Gasteiger partial charge in [0.15, 0.2) is 0 Å². The monoisotopic (exact) mass is 196 g/mol. The van der Waals surface area contributed by atoms with Crippen molar-refractivity contribution in [2.45, 2.75) is 52.6 Å². The van der Waals surface area contributed by atoms with Crippen molar-refractivity contribution in [3.05, 3.63) is 0 Å². The molecule has 1 saturated heterocycles. The molecule has 2 rings (SSSR count). The molecule has 2 aliphatic rings. The summed E-state index contributed by atoms with van der Waals surface area (Å²) in [6.45, 7) is 6.74. The lowest BCUT2D eigenvalue weighted by atomic mass is 9.67. The third-order valence-corrected chi connectivity index (χ3v) is 4.15. The molecule has 1 saturated carbocycles. The quantitative estimate of drug-likeness (QED) is 0.603. The maximum atomic E-state index is 11.3.